The van der Waals surface area contributed by atoms with Crippen LogP contribution >= 0.6 is 11.3 Å². The van der Waals surface area contributed by atoms with Crippen molar-refractivity contribution < 1.29 is 0 Å². The van der Waals surface area contributed by atoms with Crippen LogP contribution < -0.4 is 15.5 Å². The van der Waals surface area contributed by atoms with E-state index in [-0.39, 0.29) is 12.1 Å². The summed E-state index contributed by atoms with van der Waals surface area (Å²) in [6.07, 6.45) is 8.79. The maximum Gasteiger partial charge on any atom is 0.136 e. The number of anilines is 5. The number of benzene rings is 5. The molecule has 2 aliphatic rings. The van der Waals surface area contributed by atoms with E-state index in [4.69, 9.17) is 0 Å². The fraction of sp³-hybridized carbons (Fsp3) is 0.0526. The van der Waals surface area contributed by atoms with Gasteiger partial charge >= 0.3 is 0 Å². The molecule has 8 aromatic rings. The first-order valence-electron chi connectivity index (χ1n) is 14.8. The second kappa shape index (κ2) is 8.63. The number of thiophene rings is 1. The van der Waals surface area contributed by atoms with Crippen molar-refractivity contribution in [1.29, 1.82) is 0 Å². The number of nitrogens with one attached hydrogen (secondary N) is 2. The van der Waals surface area contributed by atoms with E-state index in [2.05, 4.69) is 153 Å². The van der Waals surface area contributed by atoms with E-state index >= 15 is 0 Å². The van der Waals surface area contributed by atoms with Crippen LogP contribution in [0.3, 0.4) is 0 Å². The first-order chi connectivity index (χ1) is 21.3. The summed E-state index contributed by atoms with van der Waals surface area (Å²) in [5.74, 6) is 1.16. The van der Waals surface area contributed by atoms with Gasteiger partial charge in [0, 0.05) is 48.7 Å². The third-order valence-electron chi connectivity index (χ3n) is 9.14. The summed E-state index contributed by atoms with van der Waals surface area (Å²) in [5.41, 5.74) is 7.23. The number of rotatable bonds is 3. The van der Waals surface area contributed by atoms with Crippen molar-refractivity contribution in [3.63, 3.8) is 0 Å². The molecule has 2 atom stereocenters. The largest absolute Gasteiger partial charge is 0.373 e. The maximum absolute atomic E-state index is 3.90. The Bertz CT molecular complexity index is 2380. The Morgan fingerprint density at radius 1 is 0.558 bits per heavy atom. The highest BCUT2D eigenvalue weighted by Gasteiger charge is 2.32. The van der Waals surface area contributed by atoms with Gasteiger partial charge < -0.3 is 15.5 Å². The lowest BCUT2D eigenvalue weighted by Crippen LogP contribution is -2.41. The van der Waals surface area contributed by atoms with Crippen LogP contribution in [-0.4, -0.2) is 16.5 Å². The Labute approximate surface area is 252 Å². The first-order valence-corrected chi connectivity index (χ1v) is 15.6. The standard InChI is InChI=1S/C38H26N4S/c1-3-10-23(11-4-1)41(24-12-5-2-6-13-24)25-18-21-33-30(22-25)28-20-19-27-26-14-9-15-29-34-38(40-32-17-8-7-16-31(32)39-34)42(35(26)29)36(27)37(28)43-33/h1-22,31-32,39-40H. The van der Waals surface area contributed by atoms with Gasteiger partial charge in [0.2, 0.25) is 0 Å². The van der Waals surface area contributed by atoms with Gasteiger partial charge in [-0.2, -0.15) is 0 Å². The van der Waals surface area contributed by atoms with Crippen molar-refractivity contribution in [3.8, 4) is 0 Å². The summed E-state index contributed by atoms with van der Waals surface area (Å²) < 4.78 is 5.12. The van der Waals surface area contributed by atoms with Crippen LogP contribution in [-0.2, 0) is 0 Å². The van der Waals surface area contributed by atoms with Gasteiger partial charge in [-0.1, -0.05) is 91.0 Å². The minimum absolute atomic E-state index is 0.219. The van der Waals surface area contributed by atoms with Gasteiger partial charge in [-0.25, -0.2) is 0 Å². The topological polar surface area (TPSA) is 31.7 Å². The van der Waals surface area contributed by atoms with Crippen LogP contribution in [0.4, 0.5) is 28.6 Å². The normalized spacial score (nSPS) is 17.5. The maximum atomic E-state index is 3.90. The molecule has 204 valence electrons. The van der Waals surface area contributed by atoms with Gasteiger partial charge in [0.25, 0.3) is 0 Å². The lowest BCUT2D eigenvalue weighted by atomic mass is 9.99. The van der Waals surface area contributed by atoms with Crippen LogP contribution in [0.1, 0.15) is 0 Å². The van der Waals surface area contributed by atoms with E-state index in [0.717, 1.165) is 22.9 Å². The summed E-state index contributed by atoms with van der Waals surface area (Å²) in [6, 6.07) is 40.1. The molecule has 0 fully saturated rings. The van der Waals surface area contributed by atoms with Gasteiger partial charge in [0.15, 0.2) is 0 Å². The van der Waals surface area contributed by atoms with Crippen LogP contribution in [0.15, 0.2) is 133 Å². The van der Waals surface area contributed by atoms with Gasteiger partial charge in [-0.3, -0.25) is 4.40 Å². The quantitative estimate of drug-likeness (QED) is 0.222. The number of nitrogens with zero attached hydrogens (tertiary/aromatic N) is 2. The Morgan fingerprint density at radius 2 is 1.23 bits per heavy atom. The highest BCUT2D eigenvalue weighted by Crippen LogP contribution is 2.49. The van der Waals surface area contributed by atoms with Gasteiger partial charge in [-0.05, 0) is 42.5 Å². The second-order valence-corrected chi connectivity index (χ2v) is 12.6. The lowest BCUT2D eigenvalue weighted by molar-refractivity contribution is 0.760. The van der Waals surface area contributed by atoms with E-state index < -0.39 is 0 Å². The molecule has 0 radical (unpaired) electrons. The molecule has 0 spiro atoms. The van der Waals surface area contributed by atoms with Crippen LogP contribution in [0.2, 0.25) is 0 Å². The average Bonchev–Trinajstić information content (AvgIpc) is 3.71. The fourth-order valence-corrected chi connectivity index (χ4v) is 8.48. The Hall–Kier alpha value is -5.26. The molecule has 5 heteroatoms. The minimum Gasteiger partial charge on any atom is -0.373 e. The van der Waals surface area contributed by atoms with Crippen molar-refractivity contribution in [2.75, 3.05) is 15.5 Å². The Balaban J connectivity index is 1.24. The Kier molecular flexibility index (Phi) is 4.68. The van der Waals surface area contributed by atoms with Gasteiger partial charge in [0.05, 0.1) is 33.5 Å². The molecular weight excluding hydrogens is 545 g/mol. The minimum atomic E-state index is 0.219. The summed E-state index contributed by atoms with van der Waals surface area (Å²) in [5, 5.41) is 14.2. The molecule has 5 aromatic carbocycles. The highest BCUT2D eigenvalue weighted by molar-refractivity contribution is 7.26. The van der Waals surface area contributed by atoms with Crippen molar-refractivity contribution in [2.24, 2.45) is 0 Å². The number of hydrogen-bond acceptors (Lipinski definition) is 4. The zero-order chi connectivity index (χ0) is 28.1. The number of allylic oxidation sites excluding steroid dienone is 2. The molecule has 2 unspecified atom stereocenters. The average molecular weight is 571 g/mol. The molecule has 43 heavy (non-hydrogen) atoms. The summed E-state index contributed by atoms with van der Waals surface area (Å²) in [7, 11) is 0. The van der Waals surface area contributed by atoms with Crippen molar-refractivity contribution in [3.05, 3.63) is 133 Å². The molecule has 0 bridgehead atoms. The van der Waals surface area contributed by atoms with Crippen LogP contribution in [0, 0.1) is 0 Å². The van der Waals surface area contributed by atoms with E-state index in [9.17, 15) is 0 Å². The van der Waals surface area contributed by atoms with Crippen molar-refractivity contribution in [2.45, 2.75) is 12.1 Å². The van der Waals surface area contributed by atoms with Crippen molar-refractivity contribution >= 4 is 87.3 Å². The molecule has 10 rings (SSSR count). The number of para-hydroxylation sites is 3. The number of aromatic nitrogens is 1. The molecule has 1 aliphatic heterocycles. The summed E-state index contributed by atoms with van der Waals surface area (Å²) in [4.78, 5) is 2.34. The zero-order valence-corrected chi connectivity index (χ0v) is 24.0. The number of fused-ring (bicyclic) bond motifs is 11. The third kappa shape index (κ3) is 3.20. The monoisotopic (exact) mass is 570 g/mol. The van der Waals surface area contributed by atoms with E-state index in [1.165, 1.54) is 53.1 Å². The van der Waals surface area contributed by atoms with Crippen LogP contribution in [0.5, 0.6) is 0 Å². The van der Waals surface area contributed by atoms with Crippen LogP contribution in [0.25, 0.3) is 47.4 Å². The molecule has 0 amide bonds. The fourth-order valence-electron chi connectivity index (χ4n) is 7.26. The molecule has 2 N–H and O–H groups in total. The number of hydrogen-bond donors (Lipinski definition) is 2. The van der Waals surface area contributed by atoms with Gasteiger partial charge in [0.1, 0.15) is 5.82 Å². The smallest absolute Gasteiger partial charge is 0.136 e. The van der Waals surface area contributed by atoms with Crippen molar-refractivity contribution in [1.82, 2.24) is 4.40 Å². The zero-order valence-electron chi connectivity index (χ0n) is 23.2. The molecule has 0 saturated carbocycles. The lowest BCUT2D eigenvalue weighted by Gasteiger charge is -2.33. The SMILES string of the molecule is C1=CC2Nc3c(n4c5c3cccc5c3ccc5c6cc(N(c7ccccc7)c7ccccc7)ccc6sc5c34)NC2C=C1. The van der Waals surface area contributed by atoms with Gasteiger partial charge in [-0.15, -0.1) is 11.3 Å². The molecule has 4 nitrogen and oxygen atoms in total. The predicted molar refractivity (Wildman–Crippen MR) is 184 cm³/mol. The summed E-state index contributed by atoms with van der Waals surface area (Å²) in [6.45, 7) is 0. The van der Waals surface area contributed by atoms with E-state index in [1.807, 2.05) is 11.3 Å². The second-order valence-electron chi connectivity index (χ2n) is 11.5. The predicted octanol–water partition coefficient (Wildman–Crippen LogP) is 10.2. The van der Waals surface area contributed by atoms with E-state index in [1.54, 1.807) is 0 Å². The third-order valence-corrected chi connectivity index (χ3v) is 10.3. The molecule has 0 saturated heterocycles. The first kappa shape index (κ1) is 23.3. The summed E-state index contributed by atoms with van der Waals surface area (Å²) >= 11 is 1.90. The molecular formula is C38H26N4S. The molecule has 1 aliphatic carbocycles. The molecule has 3 aromatic heterocycles. The highest BCUT2D eigenvalue weighted by atomic mass is 32.1. The molecule has 4 heterocycles. The van der Waals surface area contributed by atoms with E-state index in [0.29, 0.717) is 0 Å². The Morgan fingerprint density at radius 3 is 2.00 bits per heavy atom.